The van der Waals surface area contributed by atoms with Crippen LogP contribution in [-0.2, 0) is 29.0 Å². The summed E-state index contributed by atoms with van der Waals surface area (Å²) in [7, 11) is -2.76. The van der Waals surface area contributed by atoms with E-state index in [9.17, 15) is 22.8 Å². The lowest BCUT2D eigenvalue weighted by Crippen LogP contribution is -2.43. The highest BCUT2D eigenvalue weighted by Gasteiger charge is 2.30. The van der Waals surface area contributed by atoms with E-state index in [1.54, 1.807) is 95.8 Å². The molecular formula is C37H46Cl2N6O8S. The van der Waals surface area contributed by atoms with Crippen LogP contribution in [0.5, 0.6) is 0 Å². The van der Waals surface area contributed by atoms with Gasteiger partial charge in [-0.05, 0) is 103 Å². The van der Waals surface area contributed by atoms with Crippen LogP contribution in [0.2, 0.25) is 10.0 Å². The highest BCUT2D eigenvalue weighted by Crippen LogP contribution is 2.31. The van der Waals surface area contributed by atoms with Crippen LogP contribution in [0.3, 0.4) is 0 Å². The third-order valence-corrected chi connectivity index (χ3v) is 9.75. The second-order valence-electron chi connectivity index (χ2n) is 14.4. The van der Waals surface area contributed by atoms with Crippen molar-refractivity contribution in [2.75, 3.05) is 42.5 Å². The van der Waals surface area contributed by atoms with Gasteiger partial charge in [-0.1, -0.05) is 36.5 Å². The molecule has 0 saturated carbocycles. The fourth-order valence-corrected chi connectivity index (χ4v) is 7.11. The summed E-state index contributed by atoms with van der Waals surface area (Å²) in [5.41, 5.74) is -0.632. The number of amides is 2. The molecule has 14 nitrogen and oxygen atoms in total. The molecule has 2 aromatic heterocycles. The van der Waals surface area contributed by atoms with E-state index in [0.717, 1.165) is 10.7 Å². The lowest BCUT2D eigenvalue weighted by atomic mass is 10.2. The highest BCUT2D eigenvalue weighted by molar-refractivity contribution is 7.92. The molecule has 2 amide bonds. The number of ether oxygens (including phenoxy) is 3. The average Bonchev–Trinajstić information content (AvgIpc) is 3.49. The Morgan fingerprint density at radius 2 is 1.48 bits per heavy atom. The van der Waals surface area contributed by atoms with Gasteiger partial charge in [0.05, 0.1) is 22.7 Å². The van der Waals surface area contributed by atoms with Crippen LogP contribution < -0.4 is 9.21 Å². The van der Waals surface area contributed by atoms with Crippen molar-refractivity contribution in [3.8, 4) is 5.82 Å². The van der Waals surface area contributed by atoms with Crippen LogP contribution in [0, 0.1) is 0 Å². The second-order valence-corrected chi connectivity index (χ2v) is 17.1. The number of anilines is 2. The molecule has 0 aliphatic rings. The highest BCUT2D eigenvalue weighted by atomic mass is 35.5. The first-order valence-electron chi connectivity index (χ1n) is 17.2. The van der Waals surface area contributed by atoms with Gasteiger partial charge in [0, 0.05) is 41.8 Å². The normalized spacial score (nSPS) is 12.0. The number of carbonyl (C=O) groups excluding carboxylic acids is 3. The number of rotatable bonds is 13. The van der Waals surface area contributed by atoms with E-state index in [-0.39, 0.29) is 46.1 Å². The van der Waals surface area contributed by atoms with E-state index < -0.39 is 45.9 Å². The van der Waals surface area contributed by atoms with E-state index in [1.807, 2.05) is 6.92 Å². The lowest BCUT2D eigenvalue weighted by Gasteiger charge is -2.29. The van der Waals surface area contributed by atoms with Gasteiger partial charge in [0.15, 0.2) is 11.6 Å². The fraction of sp³-hybridized carbons (Fsp3) is 0.432. The summed E-state index contributed by atoms with van der Waals surface area (Å²) in [6.07, 6.45) is 1.95. The number of unbranched alkanes of at least 4 members (excludes halogenated alkanes) is 1. The molecule has 0 spiro atoms. The van der Waals surface area contributed by atoms with Crippen molar-refractivity contribution in [2.24, 2.45) is 0 Å². The Bertz CT molecular complexity index is 2060. The zero-order valence-electron chi connectivity index (χ0n) is 31.6. The summed E-state index contributed by atoms with van der Waals surface area (Å²) in [6.45, 7) is 12.2. The number of halogens is 2. The first kappa shape index (κ1) is 42.1. The van der Waals surface area contributed by atoms with Crippen LogP contribution in [0.15, 0.2) is 65.7 Å². The maximum absolute atomic E-state index is 14.0. The Hall–Kier alpha value is -4.60. The summed E-state index contributed by atoms with van der Waals surface area (Å²) >= 11 is 12.3. The number of likely N-dealkylation sites (N-methyl/N-ethyl adjacent to an activating group) is 1. The van der Waals surface area contributed by atoms with Crippen molar-refractivity contribution in [1.29, 1.82) is 0 Å². The van der Waals surface area contributed by atoms with Crippen LogP contribution in [0.4, 0.5) is 21.1 Å². The molecule has 0 saturated heterocycles. The maximum atomic E-state index is 14.0. The molecule has 0 atom stereocenters. The zero-order chi connectivity index (χ0) is 40.0. The molecule has 4 aromatic rings. The van der Waals surface area contributed by atoms with Crippen molar-refractivity contribution in [3.05, 3.63) is 70.8 Å². The number of carbonyl (C=O) groups is 3. The van der Waals surface area contributed by atoms with Crippen molar-refractivity contribution < 1.29 is 37.0 Å². The van der Waals surface area contributed by atoms with Crippen LogP contribution in [-0.4, -0.2) is 90.7 Å². The number of sulfonamides is 1. The minimum atomic E-state index is -4.33. The van der Waals surface area contributed by atoms with E-state index in [4.69, 9.17) is 37.4 Å². The minimum Gasteiger partial charge on any atom is -0.464 e. The van der Waals surface area contributed by atoms with Crippen molar-refractivity contribution in [1.82, 2.24) is 19.7 Å². The Kier molecular flexibility index (Phi) is 13.5. The molecule has 0 aliphatic heterocycles. The van der Waals surface area contributed by atoms with E-state index in [0.29, 0.717) is 23.1 Å². The smallest absolute Gasteiger partial charge is 0.416 e. The number of esters is 1. The Labute approximate surface area is 325 Å². The average molecular weight is 806 g/mol. The van der Waals surface area contributed by atoms with Crippen LogP contribution in [0.1, 0.15) is 61.3 Å². The number of hydrogen-bond acceptors (Lipinski definition) is 10. The predicted octanol–water partition coefficient (Wildman–Crippen LogP) is 7.87. The molecule has 0 bridgehead atoms. The SMILES string of the molecule is CCCCOC(=O)CN(c1ccc2c(ccn2-c2ccc(N(CCN(C)C(=O)OC(C)(C)C)C(=O)OC(C)(C)C)nn2)c1)S(=O)(=O)c1cc(Cl)cc(Cl)c1. The molecule has 4 rings (SSSR count). The van der Waals surface area contributed by atoms with E-state index in [1.165, 1.54) is 28.0 Å². The van der Waals surface area contributed by atoms with Gasteiger partial charge < -0.3 is 19.1 Å². The van der Waals surface area contributed by atoms with Gasteiger partial charge in [-0.15, -0.1) is 10.2 Å². The molecule has 292 valence electrons. The van der Waals surface area contributed by atoms with Gasteiger partial charge in [0.1, 0.15) is 17.7 Å². The first-order valence-corrected chi connectivity index (χ1v) is 19.4. The molecule has 0 radical (unpaired) electrons. The topological polar surface area (TPSA) is 153 Å². The quantitative estimate of drug-likeness (QED) is 0.0741. The van der Waals surface area contributed by atoms with Crippen LogP contribution in [0.25, 0.3) is 16.7 Å². The number of benzene rings is 2. The van der Waals surface area contributed by atoms with Gasteiger partial charge in [-0.25, -0.2) is 18.0 Å². The maximum Gasteiger partial charge on any atom is 0.416 e. The van der Waals surface area contributed by atoms with Gasteiger partial charge in [-0.3, -0.25) is 18.6 Å². The molecule has 0 unspecified atom stereocenters. The summed E-state index contributed by atoms with van der Waals surface area (Å²) < 4.78 is 47.0. The van der Waals surface area contributed by atoms with Crippen molar-refractivity contribution in [2.45, 2.75) is 77.4 Å². The molecule has 0 N–H and O–H groups in total. The molecule has 2 aromatic carbocycles. The first-order chi connectivity index (χ1) is 25.2. The molecule has 54 heavy (non-hydrogen) atoms. The second kappa shape index (κ2) is 17.2. The monoisotopic (exact) mass is 804 g/mol. The number of fused-ring (bicyclic) bond motifs is 1. The van der Waals surface area contributed by atoms with Crippen molar-refractivity contribution in [3.63, 3.8) is 0 Å². The number of hydrogen-bond donors (Lipinski definition) is 0. The molecule has 0 aliphatic carbocycles. The minimum absolute atomic E-state index is 0.0425. The molecule has 0 fully saturated rings. The molecule has 17 heteroatoms. The predicted molar refractivity (Wildman–Crippen MR) is 208 cm³/mol. The lowest BCUT2D eigenvalue weighted by molar-refractivity contribution is -0.141. The van der Waals surface area contributed by atoms with E-state index >= 15 is 0 Å². The third kappa shape index (κ3) is 11.2. The molecule has 2 heterocycles. The van der Waals surface area contributed by atoms with Gasteiger partial charge in [0.25, 0.3) is 10.0 Å². The Morgan fingerprint density at radius 1 is 0.833 bits per heavy atom. The Morgan fingerprint density at radius 3 is 2.07 bits per heavy atom. The fourth-order valence-electron chi connectivity index (χ4n) is 4.99. The van der Waals surface area contributed by atoms with Gasteiger partial charge in [0.2, 0.25) is 0 Å². The summed E-state index contributed by atoms with van der Waals surface area (Å²) in [6, 6.07) is 13.8. The third-order valence-electron chi connectivity index (χ3n) is 7.56. The summed E-state index contributed by atoms with van der Waals surface area (Å²) in [5.74, 6) is -0.128. The summed E-state index contributed by atoms with van der Waals surface area (Å²) in [5, 5.41) is 9.56. The molecular weight excluding hydrogens is 759 g/mol. The van der Waals surface area contributed by atoms with Gasteiger partial charge >= 0.3 is 18.2 Å². The number of aromatic nitrogens is 3. The van der Waals surface area contributed by atoms with Crippen molar-refractivity contribution >= 4 is 73.8 Å². The zero-order valence-corrected chi connectivity index (χ0v) is 34.0. The Balaban J connectivity index is 1.65. The number of nitrogens with zero attached hydrogens (tertiary/aromatic N) is 6. The van der Waals surface area contributed by atoms with Gasteiger partial charge in [-0.2, -0.15) is 0 Å². The van der Waals surface area contributed by atoms with Crippen LogP contribution >= 0.6 is 23.2 Å². The standard InChI is InChI=1S/C37H46Cl2N6O8S/c1-9-10-19-51-33(46)24-45(54(49,50)29-22-26(38)21-27(39)23-29)28-11-12-30-25(20-28)15-16-43(30)31-13-14-32(41-40-31)44(35(48)53-37(5,6)7)18-17-42(8)34(47)52-36(2,3)4/h11-16,20-23H,9-10,17-19,24H2,1-8H3. The largest absolute Gasteiger partial charge is 0.464 e. The van der Waals surface area contributed by atoms with E-state index in [2.05, 4.69) is 10.2 Å². The summed E-state index contributed by atoms with van der Waals surface area (Å²) in [4.78, 5) is 41.1.